The highest BCUT2D eigenvalue weighted by molar-refractivity contribution is 5.10. The van der Waals surface area contributed by atoms with E-state index < -0.39 is 0 Å². The van der Waals surface area contributed by atoms with Gasteiger partial charge in [0.25, 0.3) is 0 Å². The van der Waals surface area contributed by atoms with Crippen molar-refractivity contribution in [3.05, 3.63) is 11.1 Å². The first-order valence-corrected chi connectivity index (χ1v) is 3.85. The summed E-state index contributed by atoms with van der Waals surface area (Å²) in [6.45, 7) is 11.3. The van der Waals surface area contributed by atoms with Crippen LogP contribution in [0.5, 0.6) is 0 Å². The van der Waals surface area contributed by atoms with Gasteiger partial charge in [-0.25, -0.2) is 0 Å². The second-order valence-electron chi connectivity index (χ2n) is 2.78. The zero-order valence-corrected chi connectivity index (χ0v) is 7.69. The Morgan fingerprint density at radius 2 is 1.80 bits per heavy atom. The molecule has 1 heteroatoms. The average molecular weight is 142 g/mol. The molecule has 0 fully saturated rings. The van der Waals surface area contributed by atoms with Crippen LogP contribution in [0.2, 0.25) is 0 Å². The molecule has 0 heterocycles. The molecule has 0 aliphatic rings. The zero-order valence-electron chi connectivity index (χ0n) is 7.69. The number of allylic oxidation sites excluding steroid dienone is 1. The molecule has 0 aromatic rings. The van der Waals surface area contributed by atoms with Gasteiger partial charge in [0.05, 0.1) is 6.10 Å². The lowest BCUT2D eigenvalue weighted by Crippen LogP contribution is -2.09. The van der Waals surface area contributed by atoms with Crippen molar-refractivity contribution in [2.45, 2.75) is 40.7 Å². The summed E-state index contributed by atoms with van der Waals surface area (Å²) in [5, 5.41) is 0. The lowest BCUT2D eigenvalue weighted by Gasteiger charge is -2.13. The Balaban J connectivity index is 3.94. The minimum Gasteiger partial charge on any atom is -0.374 e. The van der Waals surface area contributed by atoms with Gasteiger partial charge >= 0.3 is 0 Å². The summed E-state index contributed by atoms with van der Waals surface area (Å²) < 4.78 is 5.41. The van der Waals surface area contributed by atoms with E-state index >= 15 is 0 Å². The molecule has 0 saturated carbocycles. The van der Waals surface area contributed by atoms with E-state index in [2.05, 4.69) is 27.7 Å². The van der Waals surface area contributed by atoms with Gasteiger partial charge in [0, 0.05) is 6.61 Å². The normalized spacial score (nSPS) is 12.9. The fourth-order valence-electron chi connectivity index (χ4n) is 0.782. The van der Waals surface area contributed by atoms with Crippen molar-refractivity contribution in [1.29, 1.82) is 0 Å². The molecule has 1 atom stereocenters. The minimum absolute atomic E-state index is 0.287. The van der Waals surface area contributed by atoms with Crippen molar-refractivity contribution in [2.75, 3.05) is 6.61 Å². The van der Waals surface area contributed by atoms with Crippen LogP contribution >= 0.6 is 0 Å². The van der Waals surface area contributed by atoms with Crippen LogP contribution in [0.25, 0.3) is 0 Å². The maximum absolute atomic E-state index is 5.41. The molecule has 60 valence electrons. The van der Waals surface area contributed by atoms with Crippen molar-refractivity contribution >= 4 is 0 Å². The molecule has 0 aromatic heterocycles. The van der Waals surface area contributed by atoms with Crippen LogP contribution in [0.3, 0.4) is 0 Å². The van der Waals surface area contributed by atoms with E-state index in [1.807, 2.05) is 6.92 Å². The molecule has 1 nitrogen and oxygen atoms in total. The summed E-state index contributed by atoms with van der Waals surface area (Å²) in [6, 6.07) is 0. The molecule has 0 aliphatic heterocycles. The number of ether oxygens (including phenoxy) is 1. The zero-order chi connectivity index (χ0) is 8.15. The summed E-state index contributed by atoms with van der Waals surface area (Å²) >= 11 is 0. The monoisotopic (exact) mass is 142 g/mol. The molecule has 0 rings (SSSR count). The molecular formula is C9H18O. The van der Waals surface area contributed by atoms with Crippen LogP contribution in [0.1, 0.15) is 34.6 Å². The molecule has 10 heavy (non-hydrogen) atoms. The minimum atomic E-state index is 0.287. The maximum Gasteiger partial charge on any atom is 0.0756 e. The van der Waals surface area contributed by atoms with Gasteiger partial charge in [0.2, 0.25) is 0 Å². The van der Waals surface area contributed by atoms with Gasteiger partial charge in [0.15, 0.2) is 0 Å². The van der Waals surface area contributed by atoms with Crippen LogP contribution in [0.15, 0.2) is 11.1 Å². The quantitative estimate of drug-likeness (QED) is 0.550. The molecule has 0 spiro atoms. The SMILES string of the molecule is CCOC(C)C(C)=C(C)C. The first-order valence-electron chi connectivity index (χ1n) is 3.85. The standard InChI is InChI=1S/C9H18O/c1-6-10-9(5)8(4)7(2)3/h9H,6H2,1-5H3. The van der Waals surface area contributed by atoms with Gasteiger partial charge in [-0.3, -0.25) is 0 Å². The summed E-state index contributed by atoms with van der Waals surface area (Å²) in [4.78, 5) is 0. The molecule has 0 bridgehead atoms. The van der Waals surface area contributed by atoms with Crippen LogP contribution in [0.4, 0.5) is 0 Å². The number of hydrogen-bond donors (Lipinski definition) is 0. The van der Waals surface area contributed by atoms with Crippen LogP contribution in [-0.2, 0) is 4.74 Å². The molecule has 0 N–H and O–H groups in total. The summed E-state index contributed by atoms with van der Waals surface area (Å²) in [5.41, 5.74) is 2.71. The fraction of sp³-hybridized carbons (Fsp3) is 0.778. The van der Waals surface area contributed by atoms with E-state index in [4.69, 9.17) is 4.74 Å². The van der Waals surface area contributed by atoms with Crippen molar-refractivity contribution < 1.29 is 4.74 Å². The van der Waals surface area contributed by atoms with Gasteiger partial charge in [-0.2, -0.15) is 0 Å². The summed E-state index contributed by atoms with van der Waals surface area (Å²) in [6.07, 6.45) is 0.287. The Bertz CT molecular complexity index is 121. The number of rotatable bonds is 3. The highest BCUT2D eigenvalue weighted by Crippen LogP contribution is 2.09. The van der Waals surface area contributed by atoms with Crippen molar-refractivity contribution in [3.8, 4) is 0 Å². The smallest absolute Gasteiger partial charge is 0.0756 e. The molecule has 1 unspecified atom stereocenters. The highest BCUT2D eigenvalue weighted by Gasteiger charge is 2.03. The molecule has 0 saturated heterocycles. The van der Waals surface area contributed by atoms with Gasteiger partial charge in [0.1, 0.15) is 0 Å². The van der Waals surface area contributed by atoms with E-state index in [9.17, 15) is 0 Å². The molecule has 0 aromatic carbocycles. The molecule has 0 radical (unpaired) electrons. The van der Waals surface area contributed by atoms with E-state index in [0.717, 1.165) is 6.61 Å². The van der Waals surface area contributed by atoms with Crippen LogP contribution in [0, 0.1) is 0 Å². The molecule has 0 aliphatic carbocycles. The Morgan fingerprint density at radius 3 is 2.10 bits per heavy atom. The molecular weight excluding hydrogens is 124 g/mol. The van der Waals surface area contributed by atoms with E-state index in [0.29, 0.717) is 0 Å². The topological polar surface area (TPSA) is 9.23 Å². The third-order valence-electron chi connectivity index (χ3n) is 1.82. The maximum atomic E-state index is 5.41. The molecule has 0 amide bonds. The second kappa shape index (κ2) is 4.51. The third kappa shape index (κ3) is 3.02. The first-order chi connectivity index (χ1) is 4.59. The van der Waals surface area contributed by atoms with Crippen molar-refractivity contribution in [2.24, 2.45) is 0 Å². The van der Waals surface area contributed by atoms with Gasteiger partial charge in [-0.1, -0.05) is 5.57 Å². The summed E-state index contributed by atoms with van der Waals surface area (Å²) in [5.74, 6) is 0. The largest absolute Gasteiger partial charge is 0.374 e. The van der Waals surface area contributed by atoms with E-state index in [-0.39, 0.29) is 6.10 Å². The van der Waals surface area contributed by atoms with Crippen molar-refractivity contribution in [3.63, 3.8) is 0 Å². The Kier molecular flexibility index (Phi) is 4.37. The second-order valence-corrected chi connectivity index (χ2v) is 2.78. The van der Waals surface area contributed by atoms with Gasteiger partial charge < -0.3 is 4.74 Å². The van der Waals surface area contributed by atoms with Gasteiger partial charge in [-0.05, 0) is 40.2 Å². The highest BCUT2D eigenvalue weighted by atomic mass is 16.5. The van der Waals surface area contributed by atoms with Crippen LogP contribution < -0.4 is 0 Å². The van der Waals surface area contributed by atoms with Crippen molar-refractivity contribution in [1.82, 2.24) is 0 Å². The van der Waals surface area contributed by atoms with Crippen LogP contribution in [-0.4, -0.2) is 12.7 Å². The summed E-state index contributed by atoms with van der Waals surface area (Å²) in [7, 11) is 0. The number of hydrogen-bond acceptors (Lipinski definition) is 1. The predicted octanol–water partition coefficient (Wildman–Crippen LogP) is 2.77. The van der Waals surface area contributed by atoms with E-state index in [1.54, 1.807) is 0 Å². The predicted molar refractivity (Wildman–Crippen MR) is 45.1 cm³/mol. The lowest BCUT2D eigenvalue weighted by molar-refractivity contribution is 0.101. The third-order valence-corrected chi connectivity index (χ3v) is 1.82. The van der Waals surface area contributed by atoms with Gasteiger partial charge in [-0.15, -0.1) is 0 Å². The van der Waals surface area contributed by atoms with E-state index in [1.165, 1.54) is 11.1 Å². The average Bonchev–Trinajstić information content (AvgIpc) is 1.87. The fourth-order valence-corrected chi connectivity index (χ4v) is 0.782. The first kappa shape index (κ1) is 9.70. The lowest BCUT2D eigenvalue weighted by atomic mass is 10.1. The Labute approximate surface area is 64.1 Å². The Morgan fingerprint density at radius 1 is 1.30 bits per heavy atom. The Hall–Kier alpha value is -0.300.